The number of nitrogens with one attached hydrogen (secondary N) is 3. The number of piperazine rings is 1. The highest BCUT2D eigenvalue weighted by atomic mass is 16.2. The van der Waals surface area contributed by atoms with E-state index in [0.717, 1.165) is 44.0 Å². The number of aryl methyl sites for hydroxylation is 1. The quantitative estimate of drug-likeness (QED) is 0.759. The lowest BCUT2D eigenvalue weighted by Gasteiger charge is -2.27. The molecule has 0 radical (unpaired) electrons. The van der Waals surface area contributed by atoms with Crippen molar-refractivity contribution in [1.29, 1.82) is 0 Å². The predicted octanol–water partition coefficient (Wildman–Crippen LogP) is 1.02. The normalized spacial score (nSPS) is 16.1. The number of para-hydroxylation sites is 1. The zero-order valence-corrected chi connectivity index (χ0v) is 11.4. The summed E-state index contributed by atoms with van der Waals surface area (Å²) in [6.07, 6.45) is 0. The molecule has 1 aliphatic rings. The number of rotatable bonds is 4. The van der Waals surface area contributed by atoms with Crippen molar-refractivity contribution in [2.45, 2.75) is 6.92 Å². The molecule has 1 saturated heterocycles. The summed E-state index contributed by atoms with van der Waals surface area (Å²) in [5.74, 6) is 0. The summed E-state index contributed by atoms with van der Waals surface area (Å²) in [6, 6.07) is 7.64. The van der Waals surface area contributed by atoms with Gasteiger partial charge < -0.3 is 16.0 Å². The second-order valence-corrected chi connectivity index (χ2v) is 4.79. The lowest BCUT2D eigenvalue weighted by Crippen LogP contribution is -2.46. The van der Waals surface area contributed by atoms with Crippen molar-refractivity contribution in [3.05, 3.63) is 29.8 Å². The number of carbonyl (C=O) groups is 1. The molecular weight excluding hydrogens is 240 g/mol. The van der Waals surface area contributed by atoms with E-state index in [9.17, 15) is 4.79 Å². The van der Waals surface area contributed by atoms with E-state index in [4.69, 9.17) is 0 Å². The van der Waals surface area contributed by atoms with Gasteiger partial charge in [0.25, 0.3) is 0 Å². The average molecular weight is 262 g/mol. The second-order valence-electron chi connectivity index (χ2n) is 4.79. The molecule has 0 unspecified atom stereocenters. The zero-order valence-electron chi connectivity index (χ0n) is 11.4. The lowest BCUT2D eigenvalue weighted by atomic mass is 10.2. The van der Waals surface area contributed by atoms with Crippen LogP contribution in [0.2, 0.25) is 0 Å². The number of nitrogens with zero attached hydrogens (tertiary/aromatic N) is 1. The third-order valence-corrected chi connectivity index (χ3v) is 3.32. The minimum atomic E-state index is -0.135. The minimum absolute atomic E-state index is 0.135. The molecule has 0 aromatic heterocycles. The minimum Gasteiger partial charge on any atom is -0.337 e. The summed E-state index contributed by atoms with van der Waals surface area (Å²) in [4.78, 5) is 14.1. The van der Waals surface area contributed by atoms with Gasteiger partial charge in [-0.15, -0.1) is 0 Å². The molecule has 1 fully saturated rings. The number of benzene rings is 1. The molecule has 1 aromatic rings. The number of anilines is 1. The Bertz CT molecular complexity index is 416. The van der Waals surface area contributed by atoms with Gasteiger partial charge in [0.15, 0.2) is 0 Å². The van der Waals surface area contributed by atoms with Crippen molar-refractivity contribution < 1.29 is 4.79 Å². The third-order valence-electron chi connectivity index (χ3n) is 3.32. The second kappa shape index (κ2) is 7.11. The molecule has 104 valence electrons. The van der Waals surface area contributed by atoms with Crippen LogP contribution in [0, 0.1) is 6.92 Å². The van der Waals surface area contributed by atoms with Crippen LogP contribution in [0.4, 0.5) is 10.5 Å². The summed E-state index contributed by atoms with van der Waals surface area (Å²) in [7, 11) is 0. The maximum atomic E-state index is 11.8. The van der Waals surface area contributed by atoms with Crippen molar-refractivity contribution in [1.82, 2.24) is 15.5 Å². The van der Waals surface area contributed by atoms with Gasteiger partial charge in [0.05, 0.1) is 0 Å². The van der Waals surface area contributed by atoms with E-state index in [0.29, 0.717) is 6.54 Å². The molecule has 0 spiro atoms. The van der Waals surface area contributed by atoms with Crippen LogP contribution in [0.5, 0.6) is 0 Å². The maximum Gasteiger partial charge on any atom is 0.319 e. The Kier molecular flexibility index (Phi) is 5.18. The SMILES string of the molecule is Cc1ccccc1NC(=O)NCCN1CCNCC1. The summed E-state index contributed by atoms with van der Waals surface area (Å²) in [5.41, 5.74) is 1.93. The number of hydrogen-bond donors (Lipinski definition) is 3. The van der Waals surface area contributed by atoms with Crippen LogP contribution in [0.1, 0.15) is 5.56 Å². The zero-order chi connectivity index (χ0) is 13.5. The van der Waals surface area contributed by atoms with Gasteiger partial charge in [-0.05, 0) is 18.6 Å². The predicted molar refractivity (Wildman–Crippen MR) is 77.5 cm³/mol. The van der Waals surface area contributed by atoms with Crippen molar-refractivity contribution in [3.8, 4) is 0 Å². The van der Waals surface area contributed by atoms with Crippen LogP contribution < -0.4 is 16.0 Å². The van der Waals surface area contributed by atoms with Crippen molar-refractivity contribution in [3.63, 3.8) is 0 Å². The van der Waals surface area contributed by atoms with E-state index >= 15 is 0 Å². The standard InChI is InChI=1S/C14H22N4O/c1-12-4-2-3-5-13(12)17-14(19)16-8-11-18-9-6-15-7-10-18/h2-5,15H,6-11H2,1H3,(H2,16,17,19). The highest BCUT2D eigenvalue weighted by Gasteiger charge is 2.09. The Morgan fingerprint density at radius 1 is 1.32 bits per heavy atom. The summed E-state index contributed by atoms with van der Waals surface area (Å²) in [5, 5.41) is 9.07. The molecule has 1 aromatic carbocycles. The molecule has 0 aliphatic carbocycles. The van der Waals surface area contributed by atoms with Crippen LogP contribution >= 0.6 is 0 Å². The molecule has 5 nitrogen and oxygen atoms in total. The number of urea groups is 1. The Labute approximate surface area is 114 Å². The number of amides is 2. The molecule has 19 heavy (non-hydrogen) atoms. The molecule has 5 heteroatoms. The van der Waals surface area contributed by atoms with Gasteiger partial charge >= 0.3 is 6.03 Å². The number of hydrogen-bond acceptors (Lipinski definition) is 3. The Balaban J connectivity index is 1.68. The average Bonchev–Trinajstić information content (AvgIpc) is 2.43. The van der Waals surface area contributed by atoms with Gasteiger partial charge in [-0.2, -0.15) is 0 Å². The fourth-order valence-electron chi connectivity index (χ4n) is 2.14. The first-order valence-corrected chi connectivity index (χ1v) is 6.79. The van der Waals surface area contributed by atoms with E-state index in [1.807, 2.05) is 31.2 Å². The topological polar surface area (TPSA) is 56.4 Å². The summed E-state index contributed by atoms with van der Waals surface area (Å²) in [6.45, 7) is 7.75. The van der Waals surface area contributed by atoms with Crippen LogP contribution in [-0.2, 0) is 0 Å². The smallest absolute Gasteiger partial charge is 0.319 e. The van der Waals surface area contributed by atoms with E-state index in [1.165, 1.54) is 0 Å². The number of carbonyl (C=O) groups excluding carboxylic acids is 1. The fourth-order valence-corrected chi connectivity index (χ4v) is 2.14. The highest BCUT2D eigenvalue weighted by molar-refractivity contribution is 5.89. The lowest BCUT2D eigenvalue weighted by molar-refractivity contribution is 0.233. The van der Waals surface area contributed by atoms with E-state index in [-0.39, 0.29) is 6.03 Å². The first-order chi connectivity index (χ1) is 9.25. The monoisotopic (exact) mass is 262 g/mol. The first-order valence-electron chi connectivity index (χ1n) is 6.79. The molecular formula is C14H22N4O. The maximum absolute atomic E-state index is 11.8. The van der Waals surface area contributed by atoms with Gasteiger partial charge in [-0.1, -0.05) is 18.2 Å². The van der Waals surface area contributed by atoms with Crippen LogP contribution in [-0.4, -0.2) is 50.2 Å². The van der Waals surface area contributed by atoms with E-state index in [2.05, 4.69) is 20.9 Å². The first kappa shape index (κ1) is 13.8. The molecule has 0 bridgehead atoms. The van der Waals surface area contributed by atoms with Crippen LogP contribution in [0.15, 0.2) is 24.3 Å². The van der Waals surface area contributed by atoms with Gasteiger partial charge in [-0.3, -0.25) is 4.90 Å². The third kappa shape index (κ3) is 4.54. The fraction of sp³-hybridized carbons (Fsp3) is 0.500. The summed E-state index contributed by atoms with van der Waals surface area (Å²) < 4.78 is 0. The summed E-state index contributed by atoms with van der Waals surface area (Å²) >= 11 is 0. The largest absolute Gasteiger partial charge is 0.337 e. The molecule has 2 amide bonds. The molecule has 0 atom stereocenters. The van der Waals surface area contributed by atoms with E-state index < -0.39 is 0 Å². The van der Waals surface area contributed by atoms with Gasteiger partial charge in [0.2, 0.25) is 0 Å². The van der Waals surface area contributed by atoms with Gasteiger partial charge in [-0.25, -0.2) is 4.79 Å². The van der Waals surface area contributed by atoms with Crippen molar-refractivity contribution in [2.24, 2.45) is 0 Å². The molecule has 1 aliphatic heterocycles. The van der Waals surface area contributed by atoms with Crippen molar-refractivity contribution >= 4 is 11.7 Å². The van der Waals surface area contributed by atoms with Crippen molar-refractivity contribution in [2.75, 3.05) is 44.6 Å². The molecule has 1 heterocycles. The Hall–Kier alpha value is -1.59. The van der Waals surface area contributed by atoms with E-state index in [1.54, 1.807) is 0 Å². The Morgan fingerprint density at radius 3 is 2.79 bits per heavy atom. The Morgan fingerprint density at radius 2 is 2.05 bits per heavy atom. The molecule has 3 N–H and O–H groups in total. The molecule has 0 saturated carbocycles. The van der Waals surface area contributed by atoms with Gasteiger partial charge in [0, 0.05) is 45.0 Å². The van der Waals surface area contributed by atoms with Crippen LogP contribution in [0.25, 0.3) is 0 Å². The van der Waals surface area contributed by atoms with Gasteiger partial charge in [0.1, 0.15) is 0 Å². The molecule has 2 rings (SSSR count). The van der Waals surface area contributed by atoms with Crippen LogP contribution in [0.3, 0.4) is 0 Å². The highest BCUT2D eigenvalue weighted by Crippen LogP contribution is 2.12.